The van der Waals surface area contributed by atoms with Crippen LogP contribution in [0.15, 0.2) is 24.3 Å². The van der Waals surface area contributed by atoms with Gasteiger partial charge in [-0.25, -0.2) is 0 Å². The smallest absolute Gasteiger partial charge is 0.222 e. The van der Waals surface area contributed by atoms with Gasteiger partial charge < -0.3 is 10.2 Å². The second-order valence-corrected chi connectivity index (χ2v) is 5.15. The van der Waals surface area contributed by atoms with E-state index in [1.807, 2.05) is 0 Å². The Morgan fingerprint density at radius 3 is 2.60 bits per heavy atom. The first-order chi connectivity index (χ1) is 9.69. The highest BCUT2D eigenvalue weighted by Crippen LogP contribution is 2.09. The van der Waals surface area contributed by atoms with Gasteiger partial charge in [0.15, 0.2) is 0 Å². The zero-order valence-electron chi connectivity index (χ0n) is 12.0. The van der Waals surface area contributed by atoms with E-state index in [0.29, 0.717) is 32.5 Å². The maximum absolute atomic E-state index is 12.1. The van der Waals surface area contributed by atoms with Crippen LogP contribution in [0.4, 0.5) is 0 Å². The Bertz CT molecular complexity index is 468. The standard InChI is InChI=1S/C16H22N2O2/c1-2-13-3-5-14(6-4-13)7-8-16(20)18-11-9-15(19)17-10-12-18/h3-6H,2,7-12H2,1H3,(H,17,19). The van der Waals surface area contributed by atoms with Crippen molar-refractivity contribution < 1.29 is 9.59 Å². The fourth-order valence-electron chi connectivity index (χ4n) is 2.37. The Morgan fingerprint density at radius 1 is 1.20 bits per heavy atom. The number of amides is 2. The fourth-order valence-corrected chi connectivity index (χ4v) is 2.37. The minimum absolute atomic E-state index is 0.0375. The van der Waals surface area contributed by atoms with Crippen molar-refractivity contribution in [1.82, 2.24) is 10.2 Å². The van der Waals surface area contributed by atoms with Gasteiger partial charge in [0, 0.05) is 32.5 Å². The molecule has 1 aromatic rings. The Kier molecular flexibility index (Phi) is 5.16. The lowest BCUT2D eigenvalue weighted by atomic mass is 10.1. The van der Waals surface area contributed by atoms with Crippen molar-refractivity contribution in [3.63, 3.8) is 0 Å². The molecule has 0 spiro atoms. The molecule has 0 saturated carbocycles. The van der Waals surface area contributed by atoms with E-state index in [2.05, 4.69) is 36.5 Å². The lowest BCUT2D eigenvalue weighted by Gasteiger charge is -2.19. The number of hydrogen-bond acceptors (Lipinski definition) is 2. The Hall–Kier alpha value is -1.84. The summed E-state index contributed by atoms with van der Waals surface area (Å²) in [5.41, 5.74) is 2.51. The van der Waals surface area contributed by atoms with Crippen molar-refractivity contribution in [1.29, 1.82) is 0 Å². The van der Waals surface area contributed by atoms with Crippen molar-refractivity contribution in [3.05, 3.63) is 35.4 Å². The highest BCUT2D eigenvalue weighted by Gasteiger charge is 2.17. The summed E-state index contributed by atoms with van der Waals surface area (Å²) in [5.74, 6) is 0.177. The van der Waals surface area contributed by atoms with E-state index < -0.39 is 0 Å². The third kappa shape index (κ3) is 4.08. The van der Waals surface area contributed by atoms with E-state index in [1.54, 1.807) is 4.90 Å². The summed E-state index contributed by atoms with van der Waals surface area (Å²) in [7, 11) is 0. The quantitative estimate of drug-likeness (QED) is 0.905. The number of carbonyl (C=O) groups excluding carboxylic acids is 2. The van der Waals surface area contributed by atoms with Gasteiger partial charge in [0.25, 0.3) is 0 Å². The van der Waals surface area contributed by atoms with E-state index in [1.165, 1.54) is 11.1 Å². The monoisotopic (exact) mass is 274 g/mol. The molecule has 1 N–H and O–H groups in total. The molecule has 108 valence electrons. The van der Waals surface area contributed by atoms with Crippen LogP contribution in [0.2, 0.25) is 0 Å². The molecular weight excluding hydrogens is 252 g/mol. The molecule has 1 aromatic carbocycles. The Labute approximate surface area is 120 Å². The summed E-state index contributed by atoms with van der Waals surface area (Å²) >= 11 is 0. The second kappa shape index (κ2) is 7.08. The molecule has 1 aliphatic rings. The number of aryl methyl sites for hydroxylation is 2. The van der Waals surface area contributed by atoms with Crippen molar-refractivity contribution in [2.24, 2.45) is 0 Å². The van der Waals surface area contributed by atoms with Crippen molar-refractivity contribution in [2.45, 2.75) is 32.6 Å². The number of nitrogens with one attached hydrogen (secondary N) is 1. The van der Waals surface area contributed by atoms with Gasteiger partial charge in [-0.3, -0.25) is 9.59 Å². The van der Waals surface area contributed by atoms with E-state index in [9.17, 15) is 9.59 Å². The lowest BCUT2D eigenvalue weighted by molar-refractivity contribution is -0.131. The van der Waals surface area contributed by atoms with E-state index in [4.69, 9.17) is 0 Å². The van der Waals surface area contributed by atoms with Crippen LogP contribution in [0.25, 0.3) is 0 Å². The lowest BCUT2D eigenvalue weighted by Crippen LogP contribution is -2.34. The van der Waals surface area contributed by atoms with Crippen LogP contribution in [-0.4, -0.2) is 36.3 Å². The minimum atomic E-state index is 0.0375. The maximum Gasteiger partial charge on any atom is 0.222 e. The molecule has 0 bridgehead atoms. The Morgan fingerprint density at radius 2 is 1.90 bits per heavy atom. The van der Waals surface area contributed by atoms with Crippen LogP contribution < -0.4 is 5.32 Å². The zero-order chi connectivity index (χ0) is 14.4. The molecule has 0 radical (unpaired) electrons. The van der Waals surface area contributed by atoms with Gasteiger partial charge in [-0.05, 0) is 24.0 Å². The summed E-state index contributed by atoms with van der Waals surface area (Å²) in [6, 6.07) is 8.43. The van der Waals surface area contributed by atoms with Crippen LogP contribution in [0.5, 0.6) is 0 Å². The highest BCUT2D eigenvalue weighted by molar-refractivity contribution is 5.80. The summed E-state index contributed by atoms with van der Waals surface area (Å²) in [6.45, 7) is 3.86. The molecule has 0 aliphatic carbocycles. The molecule has 20 heavy (non-hydrogen) atoms. The first kappa shape index (κ1) is 14.6. The number of benzene rings is 1. The average Bonchev–Trinajstić information content (AvgIpc) is 2.70. The van der Waals surface area contributed by atoms with E-state index >= 15 is 0 Å². The van der Waals surface area contributed by atoms with E-state index in [0.717, 1.165) is 12.8 Å². The summed E-state index contributed by atoms with van der Waals surface area (Å²) < 4.78 is 0. The molecule has 2 rings (SSSR count). The number of nitrogens with zero attached hydrogens (tertiary/aromatic N) is 1. The number of carbonyl (C=O) groups is 2. The third-order valence-electron chi connectivity index (χ3n) is 3.72. The third-order valence-corrected chi connectivity index (χ3v) is 3.72. The predicted molar refractivity (Wildman–Crippen MR) is 78.3 cm³/mol. The van der Waals surface area contributed by atoms with Crippen LogP contribution >= 0.6 is 0 Å². The summed E-state index contributed by atoms with van der Waals surface area (Å²) in [4.78, 5) is 25.2. The molecule has 1 saturated heterocycles. The first-order valence-corrected chi connectivity index (χ1v) is 7.31. The van der Waals surface area contributed by atoms with E-state index in [-0.39, 0.29) is 11.8 Å². The van der Waals surface area contributed by atoms with Gasteiger partial charge in [-0.15, -0.1) is 0 Å². The minimum Gasteiger partial charge on any atom is -0.354 e. The molecule has 4 heteroatoms. The van der Waals surface area contributed by atoms with Gasteiger partial charge >= 0.3 is 0 Å². The summed E-state index contributed by atoms with van der Waals surface area (Å²) in [5, 5.41) is 2.78. The molecule has 0 unspecified atom stereocenters. The molecule has 1 fully saturated rings. The Balaban J connectivity index is 1.83. The normalized spacial score (nSPS) is 15.7. The molecular formula is C16H22N2O2. The molecule has 0 aromatic heterocycles. The van der Waals surface area contributed by atoms with Crippen LogP contribution in [0.1, 0.15) is 30.9 Å². The van der Waals surface area contributed by atoms with Crippen molar-refractivity contribution in [2.75, 3.05) is 19.6 Å². The van der Waals surface area contributed by atoms with Crippen LogP contribution in [0.3, 0.4) is 0 Å². The largest absolute Gasteiger partial charge is 0.354 e. The molecule has 2 amide bonds. The molecule has 0 atom stereocenters. The van der Waals surface area contributed by atoms with Gasteiger partial charge in [-0.1, -0.05) is 31.2 Å². The van der Waals surface area contributed by atoms with Gasteiger partial charge in [0.2, 0.25) is 11.8 Å². The SMILES string of the molecule is CCc1ccc(CCC(=O)N2CCNC(=O)CC2)cc1. The highest BCUT2D eigenvalue weighted by atomic mass is 16.2. The molecule has 1 heterocycles. The average molecular weight is 274 g/mol. The number of rotatable bonds is 4. The van der Waals surface area contributed by atoms with Crippen molar-refractivity contribution >= 4 is 11.8 Å². The maximum atomic E-state index is 12.1. The van der Waals surface area contributed by atoms with Crippen molar-refractivity contribution in [3.8, 4) is 0 Å². The molecule has 4 nitrogen and oxygen atoms in total. The van der Waals surface area contributed by atoms with Gasteiger partial charge in [0.1, 0.15) is 0 Å². The summed E-state index contributed by atoms with van der Waals surface area (Å²) in [6.07, 6.45) is 2.73. The van der Waals surface area contributed by atoms with Crippen LogP contribution in [-0.2, 0) is 22.4 Å². The topological polar surface area (TPSA) is 49.4 Å². The fraction of sp³-hybridized carbons (Fsp3) is 0.500. The van der Waals surface area contributed by atoms with Gasteiger partial charge in [-0.2, -0.15) is 0 Å². The van der Waals surface area contributed by atoms with Crippen LogP contribution in [0, 0.1) is 0 Å². The molecule has 1 aliphatic heterocycles. The predicted octanol–water partition coefficient (Wildman–Crippen LogP) is 1.53. The zero-order valence-corrected chi connectivity index (χ0v) is 12.0. The van der Waals surface area contributed by atoms with Gasteiger partial charge in [0.05, 0.1) is 0 Å². The second-order valence-electron chi connectivity index (χ2n) is 5.15. The number of hydrogen-bond donors (Lipinski definition) is 1. The first-order valence-electron chi connectivity index (χ1n) is 7.31.